The van der Waals surface area contributed by atoms with E-state index in [0.717, 1.165) is 17.0 Å². The predicted octanol–water partition coefficient (Wildman–Crippen LogP) is 1.77. The highest BCUT2D eigenvalue weighted by Gasteiger charge is 2.20. The Bertz CT molecular complexity index is 1630. The van der Waals surface area contributed by atoms with Crippen LogP contribution >= 0.6 is 11.6 Å². The summed E-state index contributed by atoms with van der Waals surface area (Å²) in [7, 11) is 0. The van der Waals surface area contributed by atoms with Gasteiger partial charge in [-0.05, 0) is 29.8 Å². The first-order valence-electron chi connectivity index (χ1n) is 9.76. The number of rotatable bonds is 5. The second kappa shape index (κ2) is 9.02. The molecule has 0 radical (unpaired) electrons. The number of primary amides is 2. The van der Waals surface area contributed by atoms with E-state index in [1.54, 1.807) is 0 Å². The number of halogens is 3. The quantitative estimate of drug-likeness (QED) is 0.421. The molecule has 4 aromatic rings. The van der Waals surface area contributed by atoms with Crippen LogP contribution in [0.4, 0.5) is 18.4 Å². The zero-order valence-corrected chi connectivity index (χ0v) is 18.3. The van der Waals surface area contributed by atoms with Crippen molar-refractivity contribution >= 4 is 34.7 Å². The third-order valence-corrected chi connectivity index (χ3v) is 5.35. The molecule has 11 nitrogen and oxygen atoms in total. The molecule has 0 bridgehead atoms. The van der Waals surface area contributed by atoms with Crippen molar-refractivity contribution in [2.24, 2.45) is 11.5 Å². The van der Waals surface area contributed by atoms with Crippen molar-refractivity contribution in [2.75, 3.05) is 0 Å². The molecule has 2 amide bonds. The van der Waals surface area contributed by atoms with E-state index >= 15 is 0 Å². The lowest BCUT2D eigenvalue weighted by atomic mass is 10.2. The zero-order valence-electron chi connectivity index (χ0n) is 17.6. The van der Waals surface area contributed by atoms with Crippen LogP contribution in [-0.2, 0) is 13.2 Å². The standard InChI is InChI=1S/C21H15ClF2N6O5/c22-16-17(35-8-11-2-3-12(23)6-13(11)24)27-9-28(18(16)31)7-10-1-4-14-15(5-10)30(20(26)33)21(34)29(14)19(25)32/h1-6,9H,7-8H2,(H2,25,32)(H2,26,33). The Morgan fingerprint density at radius 3 is 2.34 bits per heavy atom. The number of carbonyl (C=O) groups is 2. The molecule has 4 rings (SSSR count). The van der Waals surface area contributed by atoms with Crippen molar-refractivity contribution in [1.29, 1.82) is 0 Å². The maximum atomic E-state index is 13.8. The van der Waals surface area contributed by atoms with Crippen molar-refractivity contribution in [2.45, 2.75) is 13.2 Å². The molecule has 0 saturated carbocycles. The number of aromatic nitrogens is 4. The summed E-state index contributed by atoms with van der Waals surface area (Å²) >= 11 is 6.08. The normalized spacial score (nSPS) is 11.1. The van der Waals surface area contributed by atoms with Crippen LogP contribution in [0.15, 0.2) is 52.3 Å². The van der Waals surface area contributed by atoms with Gasteiger partial charge in [0.25, 0.3) is 5.56 Å². The van der Waals surface area contributed by atoms with Crippen LogP contribution < -0.4 is 27.5 Å². The predicted molar refractivity (Wildman–Crippen MR) is 119 cm³/mol. The van der Waals surface area contributed by atoms with Gasteiger partial charge >= 0.3 is 17.8 Å². The molecule has 0 spiro atoms. The Labute approximate surface area is 198 Å². The molecule has 0 saturated heterocycles. The molecule has 2 aromatic carbocycles. The molecular weight excluding hydrogens is 490 g/mol. The van der Waals surface area contributed by atoms with Gasteiger partial charge in [-0.15, -0.1) is 0 Å². The SMILES string of the molecule is NC(=O)n1c(=O)n(C(N)=O)c2cc(Cn3cnc(OCc4ccc(F)cc4F)c(Cl)c3=O)ccc21. The number of amides is 2. The average molecular weight is 505 g/mol. The summed E-state index contributed by atoms with van der Waals surface area (Å²) in [5, 5.41) is -0.384. The number of hydrogen-bond donors (Lipinski definition) is 2. The molecule has 0 unspecified atom stereocenters. The van der Waals surface area contributed by atoms with Crippen LogP contribution in [-0.4, -0.2) is 30.7 Å². The maximum Gasteiger partial charge on any atom is 0.345 e. The lowest BCUT2D eigenvalue weighted by Crippen LogP contribution is -2.37. The summed E-state index contributed by atoms with van der Waals surface area (Å²) in [5.74, 6) is -1.83. The van der Waals surface area contributed by atoms with Crippen LogP contribution in [0, 0.1) is 11.6 Å². The minimum atomic E-state index is -1.13. The van der Waals surface area contributed by atoms with Crippen LogP contribution in [0.3, 0.4) is 0 Å². The molecular formula is C21H15ClF2N6O5. The highest BCUT2D eigenvalue weighted by atomic mass is 35.5. The van der Waals surface area contributed by atoms with Gasteiger partial charge < -0.3 is 16.2 Å². The first kappa shape index (κ1) is 23.6. The third kappa shape index (κ3) is 4.36. The van der Waals surface area contributed by atoms with Gasteiger partial charge in [0.15, 0.2) is 5.02 Å². The van der Waals surface area contributed by atoms with E-state index in [2.05, 4.69) is 4.98 Å². The zero-order chi connectivity index (χ0) is 25.4. The summed E-state index contributed by atoms with van der Waals surface area (Å²) < 4.78 is 34.4. The van der Waals surface area contributed by atoms with Crippen LogP contribution in [0.1, 0.15) is 11.1 Å². The highest BCUT2D eigenvalue weighted by molar-refractivity contribution is 6.31. The van der Waals surface area contributed by atoms with Gasteiger partial charge in [-0.25, -0.2) is 37.3 Å². The molecule has 35 heavy (non-hydrogen) atoms. The average Bonchev–Trinajstić information content (AvgIpc) is 3.08. The van der Waals surface area contributed by atoms with Crippen molar-refractivity contribution in [3.8, 4) is 5.88 Å². The molecule has 0 aliphatic rings. The number of nitrogens with zero attached hydrogens (tertiary/aromatic N) is 4. The summed E-state index contributed by atoms with van der Waals surface area (Å²) in [6.45, 7) is -0.441. The smallest absolute Gasteiger partial charge is 0.345 e. The molecule has 2 heterocycles. The monoisotopic (exact) mass is 504 g/mol. The minimum Gasteiger partial charge on any atom is -0.471 e. The molecule has 0 aliphatic carbocycles. The second-order valence-electron chi connectivity index (χ2n) is 7.27. The van der Waals surface area contributed by atoms with Crippen molar-refractivity contribution in [1.82, 2.24) is 18.7 Å². The van der Waals surface area contributed by atoms with E-state index < -0.39 is 34.9 Å². The topological polar surface area (TPSA) is 157 Å². The van der Waals surface area contributed by atoms with Gasteiger partial charge in [0.1, 0.15) is 24.6 Å². The van der Waals surface area contributed by atoms with E-state index in [-0.39, 0.29) is 40.7 Å². The maximum absolute atomic E-state index is 13.8. The fourth-order valence-corrected chi connectivity index (χ4v) is 3.62. The number of fused-ring (bicyclic) bond motifs is 1. The van der Waals surface area contributed by atoms with Gasteiger partial charge in [-0.3, -0.25) is 9.36 Å². The summed E-state index contributed by atoms with van der Waals surface area (Å²) in [5.41, 5.74) is 9.28. The van der Waals surface area contributed by atoms with Gasteiger partial charge in [-0.1, -0.05) is 17.7 Å². The van der Waals surface area contributed by atoms with Gasteiger partial charge in [-0.2, -0.15) is 0 Å². The van der Waals surface area contributed by atoms with Gasteiger partial charge in [0, 0.05) is 11.6 Å². The lowest BCUT2D eigenvalue weighted by Gasteiger charge is -2.11. The van der Waals surface area contributed by atoms with Gasteiger partial charge in [0.2, 0.25) is 5.88 Å². The Kier molecular flexibility index (Phi) is 6.09. The molecule has 4 N–H and O–H groups in total. The first-order chi connectivity index (χ1) is 16.6. The van der Waals surface area contributed by atoms with E-state index in [0.29, 0.717) is 20.8 Å². The van der Waals surface area contributed by atoms with Crippen molar-refractivity contribution in [3.63, 3.8) is 0 Å². The third-order valence-electron chi connectivity index (χ3n) is 5.03. The van der Waals surface area contributed by atoms with Crippen LogP contribution in [0.25, 0.3) is 11.0 Å². The molecule has 0 atom stereocenters. The highest BCUT2D eigenvalue weighted by Crippen LogP contribution is 2.20. The first-order valence-corrected chi connectivity index (χ1v) is 10.1. The van der Waals surface area contributed by atoms with Crippen molar-refractivity contribution in [3.05, 3.63) is 91.3 Å². The number of benzene rings is 2. The fraction of sp³-hybridized carbons (Fsp3) is 0.0952. The number of hydrogen-bond acceptors (Lipinski definition) is 6. The van der Waals surface area contributed by atoms with E-state index in [9.17, 15) is 28.0 Å². The molecule has 180 valence electrons. The molecule has 0 fully saturated rings. The van der Waals surface area contributed by atoms with Crippen LogP contribution in [0.5, 0.6) is 5.88 Å². The fourth-order valence-electron chi connectivity index (χ4n) is 3.41. The Morgan fingerprint density at radius 1 is 1.00 bits per heavy atom. The Hall–Kier alpha value is -4.52. The van der Waals surface area contributed by atoms with Crippen LogP contribution in [0.2, 0.25) is 5.02 Å². The minimum absolute atomic E-state index is 0.00665. The van der Waals surface area contributed by atoms with Gasteiger partial charge in [0.05, 0.1) is 17.6 Å². The Morgan fingerprint density at radius 2 is 1.69 bits per heavy atom. The van der Waals surface area contributed by atoms with Crippen molar-refractivity contribution < 1.29 is 23.1 Å². The molecule has 0 aliphatic heterocycles. The molecule has 2 aromatic heterocycles. The lowest BCUT2D eigenvalue weighted by molar-refractivity contribution is 0.248. The van der Waals surface area contributed by atoms with E-state index in [1.165, 1.54) is 24.3 Å². The summed E-state index contributed by atoms with van der Waals surface area (Å²) in [4.78, 5) is 52.4. The van der Waals surface area contributed by atoms with E-state index in [4.69, 9.17) is 27.8 Å². The summed E-state index contributed by atoms with van der Waals surface area (Å²) in [6.07, 6.45) is 1.13. The number of carbonyl (C=O) groups excluding carboxylic acids is 2. The summed E-state index contributed by atoms with van der Waals surface area (Å²) in [6, 6.07) is 4.95. The molecule has 14 heteroatoms. The largest absolute Gasteiger partial charge is 0.471 e. The Balaban J connectivity index is 1.63. The number of imidazole rings is 1. The number of ether oxygens (including phenoxy) is 1. The number of nitrogens with two attached hydrogens (primary N) is 2. The second-order valence-corrected chi connectivity index (χ2v) is 7.65. The van der Waals surface area contributed by atoms with E-state index in [1.807, 2.05) is 0 Å².